The Morgan fingerprint density at radius 2 is 1.87 bits per heavy atom. The largest absolute Gasteiger partial charge is 0.340 e. The Morgan fingerprint density at radius 3 is 2.13 bits per heavy atom. The highest BCUT2D eigenvalue weighted by molar-refractivity contribution is 5.83. The van der Waals surface area contributed by atoms with Crippen molar-refractivity contribution in [2.45, 2.75) is 46.1 Å². The Balaban J connectivity index is 4.76. The van der Waals surface area contributed by atoms with Crippen LogP contribution >= 0.6 is 0 Å². The number of carbonyl (C=O) groups is 1. The van der Waals surface area contributed by atoms with Crippen LogP contribution < -0.4 is 11.1 Å². The predicted molar refractivity (Wildman–Crippen MR) is 63.1 cm³/mol. The van der Waals surface area contributed by atoms with Crippen molar-refractivity contribution in [2.75, 3.05) is 6.54 Å². The molecule has 0 atom stereocenters. The molecule has 0 radical (unpaired) electrons. The molecular weight excluding hydrogens is 188 g/mol. The van der Waals surface area contributed by atoms with Gasteiger partial charge >= 0.3 is 0 Å². The normalized spacial score (nSPS) is 12.0. The van der Waals surface area contributed by atoms with Gasteiger partial charge in [-0.1, -0.05) is 19.8 Å². The van der Waals surface area contributed by atoms with Crippen molar-refractivity contribution in [1.29, 1.82) is 0 Å². The first-order valence-corrected chi connectivity index (χ1v) is 5.38. The van der Waals surface area contributed by atoms with Gasteiger partial charge in [-0.25, -0.2) is 0 Å². The zero-order chi connectivity index (χ0) is 12.1. The molecule has 0 aromatic carbocycles. The van der Waals surface area contributed by atoms with Crippen molar-refractivity contribution in [3.8, 4) is 12.3 Å². The fraction of sp³-hybridized carbons (Fsp3) is 0.750. The third-order valence-electron chi connectivity index (χ3n) is 3.01. The second kappa shape index (κ2) is 5.18. The molecule has 0 fully saturated rings. The lowest BCUT2D eigenvalue weighted by Crippen LogP contribution is -2.52. The second-order valence-electron chi connectivity index (χ2n) is 4.42. The molecule has 0 aliphatic rings. The summed E-state index contributed by atoms with van der Waals surface area (Å²) in [4.78, 5) is 12.0. The van der Waals surface area contributed by atoms with Gasteiger partial charge in [0.15, 0.2) is 0 Å². The zero-order valence-electron chi connectivity index (χ0n) is 10.2. The van der Waals surface area contributed by atoms with E-state index in [1.54, 1.807) is 13.8 Å². The summed E-state index contributed by atoms with van der Waals surface area (Å²) in [5, 5.41) is 2.84. The number of terminal acetylenes is 1. The molecule has 0 aromatic rings. The van der Waals surface area contributed by atoms with Gasteiger partial charge < -0.3 is 11.1 Å². The third-order valence-corrected chi connectivity index (χ3v) is 3.01. The second-order valence-corrected chi connectivity index (χ2v) is 4.42. The van der Waals surface area contributed by atoms with Gasteiger partial charge in [-0.2, -0.15) is 0 Å². The summed E-state index contributed by atoms with van der Waals surface area (Å²) in [6.07, 6.45) is 6.78. The standard InChI is InChI=1S/C12H22N2O/c1-6-11(4,5)14-10(15)12(7-2,8-3)9-13/h1H,7-9,13H2,2-5H3,(H,14,15). The molecule has 3 heteroatoms. The maximum absolute atomic E-state index is 12.0. The fourth-order valence-electron chi connectivity index (χ4n) is 1.40. The summed E-state index contributed by atoms with van der Waals surface area (Å²) >= 11 is 0. The van der Waals surface area contributed by atoms with Crippen LogP contribution in [0.25, 0.3) is 0 Å². The first kappa shape index (κ1) is 14.0. The highest BCUT2D eigenvalue weighted by Gasteiger charge is 2.35. The van der Waals surface area contributed by atoms with E-state index >= 15 is 0 Å². The number of carbonyl (C=O) groups excluding carboxylic acids is 1. The van der Waals surface area contributed by atoms with E-state index in [0.717, 1.165) is 12.8 Å². The maximum Gasteiger partial charge on any atom is 0.228 e. The van der Waals surface area contributed by atoms with Crippen molar-refractivity contribution in [1.82, 2.24) is 5.32 Å². The summed E-state index contributed by atoms with van der Waals surface area (Å²) in [7, 11) is 0. The molecule has 3 nitrogen and oxygen atoms in total. The molecule has 86 valence electrons. The van der Waals surface area contributed by atoms with Crippen molar-refractivity contribution in [2.24, 2.45) is 11.1 Å². The van der Waals surface area contributed by atoms with Crippen molar-refractivity contribution in [3.63, 3.8) is 0 Å². The van der Waals surface area contributed by atoms with Gasteiger partial charge in [0.2, 0.25) is 5.91 Å². The van der Waals surface area contributed by atoms with Gasteiger partial charge in [0, 0.05) is 6.54 Å². The van der Waals surface area contributed by atoms with E-state index in [-0.39, 0.29) is 5.91 Å². The number of hydrogen-bond donors (Lipinski definition) is 2. The van der Waals surface area contributed by atoms with Crippen LogP contribution in [0.1, 0.15) is 40.5 Å². The SMILES string of the molecule is C#CC(C)(C)NC(=O)C(CC)(CC)CN. The predicted octanol–water partition coefficient (Wildman–Crippen LogP) is 1.28. The van der Waals surface area contributed by atoms with Gasteiger partial charge in [-0.15, -0.1) is 6.42 Å². The topological polar surface area (TPSA) is 55.1 Å². The molecule has 15 heavy (non-hydrogen) atoms. The van der Waals surface area contributed by atoms with Gasteiger partial charge in [-0.05, 0) is 26.7 Å². The number of nitrogens with one attached hydrogen (secondary N) is 1. The smallest absolute Gasteiger partial charge is 0.228 e. The third kappa shape index (κ3) is 3.24. The molecule has 0 unspecified atom stereocenters. The average Bonchev–Trinajstić information content (AvgIpc) is 2.21. The number of rotatable bonds is 5. The minimum Gasteiger partial charge on any atom is -0.340 e. The van der Waals surface area contributed by atoms with Crippen LogP contribution in [0.2, 0.25) is 0 Å². The molecular formula is C12H22N2O. The molecule has 3 N–H and O–H groups in total. The summed E-state index contributed by atoms with van der Waals surface area (Å²) in [6, 6.07) is 0. The zero-order valence-corrected chi connectivity index (χ0v) is 10.2. The van der Waals surface area contributed by atoms with Crippen LogP contribution in [0, 0.1) is 17.8 Å². The molecule has 0 spiro atoms. The Bertz CT molecular complexity index is 251. The van der Waals surface area contributed by atoms with Crippen LogP contribution in [-0.4, -0.2) is 18.0 Å². The number of amides is 1. The molecule has 0 heterocycles. The lowest BCUT2D eigenvalue weighted by Gasteiger charge is -2.32. The molecule has 0 saturated carbocycles. The highest BCUT2D eigenvalue weighted by Crippen LogP contribution is 2.25. The monoisotopic (exact) mass is 210 g/mol. The first-order chi connectivity index (χ1) is 6.87. The van der Waals surface area contributed by atoms with Crippen LogP contribution in [0.15, 0.2) is 0 Å². The molecule has 1 amide bonds. The molecule has 0 aromatic heterocycles. The van der Waals surface area contributed by atoms with Crippen LogP contribution in [-0.2, 0) is 4.79 Å². The van der Waals surface area contributed by atoms with Crippen LogP contribution in [0.4, 0.5) is 0 Å². The first-order valence-electron chi connectivity index (χ1n) is 5.38. The van der Waals surface area contributed by atoms with E-state index in [2.05, 4.69) is 11.2 Å². The van der Waals surface area contributed by atoms with Crippen LogP contribution in [0.3, 0.4) is 0 Å². The molecule has 0 rings (SSSR count). The van der Waals surface area contributed by atoms with Gasteiger partial charge in [-0.3, -0.25) is 4.79 Å². The minimum atomic E-state index is -0.609. The number of hydrogen-bond acceptors (Lipinski definition) is 2. The van der Waals surface area contributed by atoms with E-state index < -0.39 is 11.0 Å². The molecule has 0 bridgehead atoms. The summed E-state index contributed by atoms with van der Waals surface area (Å²) in [6.45, 7) is 7.90. The van der Waals surface area contributed by atoms with E-state index in [0.29, 0.717) is 6.54 Å². The van der Waals surface area contributed by atoms with Crippen molar-refractivity contribution < 1.29 is 4.79 Å². The van der Waals surface area contributed by atoms with Gasteiger partial charge in [0.25, 0.3) is 0 Å². The van der Waals surface area contributed by atoms with E-state index in [1.165, 1.54) is 0 Å². The number of nitrogens with two attached hydrogens (primary N) is 1. The maximum atomic E-state index is 12.0. The Hall–Kier alpha value is -1.01. The minimum absolute atomic E-state index is 0.0436. The summed E-state index contributed by atoms with van der Waals surface area (Å²) < 4.78 is 0. The molecule has 0 aliphatic heterocycles. The van der Waals surface area contributed by atoms with E-state index in [4.69, 9.17) is 12.2 Å². The molecule has 0 saturated heterocycles. The summed E-state index contributed by atoms with van der Waals surface area (Å²) in [5.41, 5.74) is 4.59. The Kier molecular flexibility index (Phi) is 4.83. The lowest BCUT2D eigenvalue weighted by atomic mass is 9.81. The quantitative estimate of drug-likeness (QED) is 0.672. The summed E-state index contributed by atoms with van der Waals surface area (Å²) in [5.74, 6) is 2.50. The van der Waals surface area contributed by atoms with Crippen LogP contribution in [0.5, 0.6) is 0 Å². The van der Waals surface area contributed by atoms with E-state index in [1.807, 2.05) is 13.8 Å². The average molecular weight is 210 g/mol. The van der Waals surface area contributed by atoms with Crippen molar-refractivity contribution >= 4 is 5.91 Å². The van der Waals surface area contributed by atoms with Gasteiger partial charge in [0.1, 0.15) is 0 Å². The Labute approximate surface area is 92.8 Å². The van der Waals surface area contributed by atoms with E-state index in [9.17, 15) is 4.79 Å². The fourth-order valence-corrected chi connectivity index (χ4v) is 1.40. The molecule has 0 aliphatic carbocycles. The Morgan fingerprint density at radius 1 is 1.40 bits per heavy atom. The highest BCUT2D eigenvalue weighted by atomic mass is 16.2. The lowest BCUT2D eigenvalue weighted by molar-refractivity contribution is -0.132. The van der Waals surface area contributed by atoms with Gasteiger partial charge in [0.05, 0.1) is 11.0 Å². The van der Waals surface area contributed by atoms with Crippen molar-refractivity contribution in [3.05, 3.63) is 0 Å².